The minimum absolute atomic E-state index is 0.0243. The second-order valence-electron chi connectivity index (χ2n) is 4.00. The van der Waals surface area contributed by atoms with Crippen molar-refractivity contribution in [2.75, 3.05) is 0 Å². The van der Waals surface area contributed by atoms with Crippen LogP contribution in [0.1, 0.15) is 22.5 Å². The fourth-order valence-corrected chi connectivity index (χ4v) is 1.78. The summed E-state index contributed by atoms with van der Waals surface area (Å²) in [6, 6.07) is 0. The third-order valence-corrected chi connectivity index (χ3v) is 3.19. The molecule has 0 amide bonds. The molecule has 0 unspecified atom stereocenters. The molecular weight excluding hydrogens is 190 g/mol. The molecule has 0 N–H and O–H groups in total. The van der Waals surface area contributed by atoms with Crippen molar-refractivity contribution in [3.63, 3.8) is 0 Å². The molecule has 0 aromatic carbocycles. The number of fused-ring (bicyclic) bond motifs is 1. The standard InChI is InChI=1S/C11H15N3O/c1-6-8(3)12-10-7(2)9(4)13(5)14(10)11(6)15/h1-5H3. The van der Waals surface area contributed by atoms with E-state index in [-0.39, 0.29) is 5.56 Å². The smallest absolute Gasteiger partial charge is 0.276 e. The number of hydrogen-bond donors (Lipinski definition) is 0. The maximum Gasteiger partial charge on any atom is 0.276 e. The summed E-state index contributed by atoms with van der Waals surface area (Å²) in [6.07, 6.45) is 0. The van der Waals surface area contributed by atoms with Gasteiger partial charge in [0.15, 0.2) is 5.65 Å². The predicted molar refractivity (Wildman–Crippen MR) is 59.4 cm³/mol. The Hall–Kier alpha value is -1.58. The molecule has 0 fully saturated rings. The van der Waals surface area contributed by atoms with Gasteiger partial charge in [-0.15, -0.1) is 0 Å². The Balaban J connectivity index is 3.13. The molecule has 0 saturated heterocycles. The summed E-state index contributed by atoms with van der Waals surface area (Å²) in [5.74, 6) is 0. The van der Waals surface area contributed by atoms with E-state index in [2.05, 4.69) is 4.98 Å². The summed E-state index contributed by atoms with van der Waals surface area (Å²) in [5, 5.41) is 0. The van der Waals surface area contributed by atoms with Gasteiger partial charge in [0.25, 0.3) is 5.56 Å². The van der Waals surface area contributed by atoms with Gasteiger partial charge in [0, 0.05) is 29.6 Å². The lowest BCUT2D eigenvalue weighted by atomic mass is 10.2. The van der Waals surface area contributed by atoms with E-state index in [0.717, 1.165) is 22.6 Å². The molecule has 2 aromatic rings. The van der Waals surface area contributed by atoms with Crippen molar-refractivity contribution in [3.8, 4) is 0 Å². The highest BCUT2D eigenvalue weighted by Crippen LogP contribution is 2.13. The van der Waals surface area contributed by atoms with Crippen molar-refractivity contribution >= 4 is 5.65 Å². The highest BCUT2D eigenvalue weighted by Gasteiger charge is 2.13. The fraction of sp³-hybridized carbons (Fsp3) is 0.455. The summed E-state index contributed by atoms with van der Waals surface area (Å²) < 4.78 is 3.49. The third kappa shape index (κ3) is 1.14. The van der Waals surface area contributed by atoms with Crippen molar-refractivity contribution in [1.29, 1.82) is 0 Å². The molecule has 0 aliphatic carbocycles. The van der Waals surface area contributed by atoms with E-state index in [1.54, 1.807) is 4.52 Å². The maximum absolute atomic E-state index is 12.0. The molecule has 0 bridgehead atoms. The molecule has 0 aliphatic rings. The van der Waals surface area contributed by atoms with Crippen LogP contribution in [0, 0.1) is 27.7 Å². The average Bonchev–Trinajstić information content (AvgIpc) is 2.40. The first kappa shape index (κ1) is 9.96. The van der Waals surface area contributed by atoms with Gasteiger partial charge in [-0.05, 0) is 27.7 Å². The molecule has 0 saturated carbocycles. The molecular formula is C11H15N3O. The predicted octanol–water partition coefficient (Wildman–Crippen LogP) is 1.27. The average molecular weight is 205 g/mol. The number of rotatable bonds is 0. The van der Waals surface area contributed by atoms with Crippen molar-refractivity contribution in [2.24, 2.45) is 7.05 Å². The molecule has 2 aromatic heterocycles. The van der Waals surface area contributed by atoms with Crippen LogP contribution in [-0.4, -0.2) is 14.2 Å². The zero-order valence-corrected chi connectivity index (χ0v) is 9.75. The number of nitrogens with zero attached hydrogens (tertiary/aromatic N) is 3. The van der Waals surface area contributed by atoms with Gasteiger partial charge in [-0.2, -0.15) is 4.52 Å². The Bertz CT molecular complexity index is 605. The van der Waals surface area contributed by atoms with Crippen LogP contribution in [0.4, 0.5) is 0 Å². The topological polar surface area (TPSA) is 39.3 Å². The van der Waals surface area contributed by atoms with Crippen molar-refractivity contribution in [3.05, 3.63) is 32.9 Å². The molecule has 15 heavy (non-hydrogen) atoms. The quantitative estimate of drug-likeness (QED) is 0.649. The molecule has 0 aliphatic heterocycles. The van der Waals surface area contributed by atoms with Crippen molar-refractivity contribution < 1.29 is 0 Å². The molecule has 0 atom stereocenters. The molecule has 4 heteroatoms. The highest BCUT2D eigenvalue weighted by atomic mass is 16.1. The lowest BCUT2D eigenvalue weighted by Gasteiger charge is -2.03. The van der Waals surface area contributed by atoms with Crippen LogP contribution in [-0.2, 0) is 7.05 Å². The first-order chi connectivity index (χ1) is 6.95. The summed E-state index contributed by atoms with van der Waals surface area (Å²) in [6.45, 7) is 7.67. The van der Waals surface area contributed by atoms with Crippen LogP contribution in [0.15, 0.2) is 4.79 Å². The highest BCUT2D eigenvalue weighted by molar-refractivity contribution is 5.50. The summed E-state index contributed by atoms with van der Waals surface area (Å²) in [7, 11) is 1.88. The largest absolute Gasteiger partial charge is 0.284 e. The lowest BCUT2D eigenvalue weighted by Crippen LogP contribution is -2.23. The Kier molecular flexibility index (Phi) is 1.96. The maximum atomic E-state index is 12.0. The zero-order chi connectivity index (χ0) is 11.3. The molecule has 2 rings (SSSR count). The van der Waals surface area contributed by atoms with E-state index in [0.29, 0.717) is 5.56 Å². The lowest BCUT2D eigenvalue weighted by molar-refractivity contribution is 0.655. The van der Waals surface area contributed by atoms with Crippen LogP contribution in [0.3, 0.4) is 0 Å². The summed E-state index contributed by atoms with van der Waals surface area (Å²) >= 11 is 0. The van der Waals surface area contributed by atoms with Crippen LogP contribution in [0.5, 0.6) is 0 Å². The Morgan fingerprint density at radius 1 is 1.07 bits per heavy atom. The summed E-state index contributed by atoms with van der Waals surface area (Å²) in [5.41, 5.74) is 4.46. The molecule has 80 valence electrons. The minimum Gasteiger partial charge on any atom is -0.284 e. The van der Waals surface area contributed by atoms with E-state index in [4.69, 9.17) is 0 Å². The van der Waals surface area contributed by atoms with E-state index in [1.807, 2.05) is 39.4 Å². The Labute approximate surface area is 88.2 Å². The summed E-state index contributed by atoms with van der Waals surface area (Å²) in [4.78, 5) is 16.5. The van der Waals surface area contributed by atoms with Crippen LogP contribution in [0.2, 0.25) is 0 Å². The van der Waals surface area contributed by atoms with E-state index in [9.17, 15) is 4.79 Å². The van der Waals surface area contributed by atoms with Crippen molar-refractivity contribution in [1.82, 2.24) is 14.2 Å². The van der Waals surface area contributed by atoms with Gasteiger partial charge < -0.3 is 0 Å². The SMILES string of the molecule is Cc1nc2c(C)c(C)n(C)n2c(=O)c1C. The number of aromatic nitrogens is 3. The third-order valence-electron chi connectivity index (χ3n) is 3.19. The number of aryl methyl sites for hydroxylation is 3. The van der Waals surface area contributed by atoms with Crippen LogP contribution >= 0.6 is 0 Å². The first-order valence-electron chi connectivity index (χ1n) is 4.97. The van der Waals surface area contributed by atoms with Gasteiger partial charge >= 0.3 is 0 Å². The Morgan fingerprint density at radius 3 is 2.27 bits per heavy atom. The van der Waals surface area contributed by atoms with Gasteiger partial charge in [0.05, 0.1) is 0 Å². The molecule has 4 nitrogen and oxygen atoms in total. The van der Waals surface area contributed by atoms with E-state index >= 15 is 0 Å². The molecule has 0 spiro atoms. The van der Waals surface area contributed by atoms with Gasteiger partial charge in [-0.25, -0.2) is 4.98 Å². The normalized spacial score (nSPS) is 11.3. The van der Waals surface area contributed by atoms with Gasteiger partial charge in [-0.1, -0.05) is 0 Å². The van der Waals surface area contributed by atoms with Crippen LogP contribution in [0.25, 0.3) is 5.65 Å². The fourth-order valence-electron chi connectivity index (χ4n) is 1.78. The minimum atomic E-state index is 0.0243. The Morgan fingerprint density at radius 2 is 1.67 bits per heavy atom. The second kappa shape index (κ2) is 2.95. The van der Waals surface area contributed by atoms with Crippen LogP contribution < -0.4 is 5.56 Å². The van der Waals surface area contributed by atoms with E-state index in [1.165, 1.54) is 0 Å². The second-order valence-corrected chi connectivity index (χ2v) is 4.00. The molecule has 0 radical (unpaired) electrons. The molecule has 2 heterocycles. The first-order valence-corrected chi connectivity index (χ1v) is 4.97. The van der Waals surface area contributed by atoms with Gasteiger partial charge in [-0.3, -0.25) is 9.48 Å². The zero-order valence-electron chi connectivity index (χ0n) is 9.75. The van der Waals surface area contributed by atoms with Crippen molar-refractivity contribution in [2.45, 2.75) is 27.7 Å². The van der Waals surface area contributed by atoms with E-state index < -0.39 is 0 Å². The number of hydrogen-bond acceptors (Lipinski definition) is 2. The van der Waals surface area contributed by atoms with Gasteiger partial charge in [0.1, 0.15) is 0 Å². The van der Waals surface area contributed by atoms with Gasteiger partial charge in [0.2, 0.25) is 0 Å². The monoisotopic (exact) mass is 205 g/mol.